The van der Waals surface area contributed by atoms with Crippen LogP contribution in [0.4, 0.5) is 0 Å². The van der Waals surface area contributed by atoms with Crippen molar-refractivity contribution in [3.05, 3.63) is 47.5 Å². The largest absolute Gasteiger partial charge is 0.504 e. The standard InChI is InChI=1S/C26H32O11/c1-32-17-6-4-13(8-19(17)36-26-23(31)22(30)21(29)20(9-27)37-26)25-15-11-34-24(14(15)10-35-25)12-3-5-16(28)18(7-12)33-2/h3-8,14-15,20-31H,9-11H2,1-2H3. The van der Waals surface area contributed by atoms with Crippen molar-refractivity contribution in [2.24, 2.45) is 11.8 Å². The molecule has 202 valence electrons. The number of hydrogen-bond acceptors (Lipinski definition) is 11. The third-order valence-electron chi connectivity index (χ3n) is 7.40. The van der Waals surface area contributed by atoms with Crippen molar-refractivity contribution >= 4 is 0 Å². The van der Waals surface area contributed by atoms with Gasteiger partial charge < -0.3 is 54.0 Å². The molecule has 3 heterocycles. The van der Waals surface area contributed by atoms with Gasteiger partial charge in [0.25, 0.3) is 0 Å². The second kappa shape index (κ2) is 10.6. The van der Waals surface area contributed by atoms with Crippen molar-refractivity contribution in [1.29, 1.82) is 0 Å². The van der Waals surface area contributed by atoms with Gasteiger partial charge in [-0.15, -0.1) is 0 Å². The van der Waals surface area contributed by atoms with E-state index in [9.17, 15) is 25.5 Å². The Morgan fingerprint density at radius 1 is 0.784 bits per heavy atom. The van der Waals surface area contributed by atoms with Crippen LogP contribution < -0.4 is 14.2 Å². The first-order valence-corrected chi connectivity index (χ1v) is 12.1. The van der Waals surface area contributed by atoms with Gasteiger partial charge in [0.15, 0.2) is 23.0 Å². The Bertz CT molecular complexity index is 1090. The number of methoxy groups -OCH3 is 2. The van der Waals surface area contributed by atoms with E-state index < -0.39 is 37.3 Å². The van der Waals surface area contributed by atoms with Crippen molar-refractivity contribution in [2.75, 3.05) is 34.0 Å². The Morgan fingerprint density at radius 3 is 1.97 bits per heavy atom. The quantitative estimate of drug-likeness (QED) is 0.349. The Labute approximate surface area is 213 Å². The van der Waals surface area contributed by atoms with Crippen LogP contribution in [0.25, 0.3) is 0 Å². The molecule has 5 rings (SSSR count). The Morgan fingerprint density at radius 2 is 1.38 bits per heavy atom. The Kier molecular flexibility index (Phi) is 7.46. The predicted octanol–water partition coefficient (Wildman–Crippen LogP) is 0.663. The molecule has 2 aromatic carbocycles. The normalized spacial score (nSPS) is 35.2. The molecule has 5 N–H and O–H groups in total. The summed E-state index contributed by atoms with van der Waals surface area (Å²) in [5.74, 6) is 1.19. The fraction of sp³-hybridized carbons (Fsp3) is 0.538. The minimum atomic E-state index is -1.56. The van der Waals surface area contributed by atoms with Crippen LogP contribution in [0.1, 0.15) is 23.3 Å². The molecule has 3 aliphatic rings. The monoisotopic (exact) mass is 520 g/mol. The molecule has 0 aromatic heterocycles. The number of ether oxygens (including phenoxy) is 6. The molecular formula is C26H32O11. The lowest BCUT2D eigenvalue weighted by Gasteiger charge is -2.39. The number of hydrogen-bond donors (Lipinski definition) is 5. The molecule has 9 atom stereocenters. The van der Waals surface area contributed by atoms with Crippen LogP contribution >= 0.6 is 0 Å². The summed E-state index contributed by atoms with van der Waals surface area (Å²) in [6.45, 7) is 0.380. The average Bonchev–Trinajstić information content (AvgIpc) is 3.52. The minimum absolute atomic E-state index is 0.0540. The number of aliphatic hydroxyl groups is 4. The SMILES string of the molecule is COc1cc(C2OCC3C(c4ccc(OC)c(OC5OC(CO)C(O)C(O)C5O)c4)OCC23)ccc1O. The molecule has 0 amide bonds. The highest BCUT2D eigenvalue weighted by Crippen LogP contribution is 2.51. The number of phenols is 1. The van der Waals surface area contributed by atoms with Gasteiger partial charge in [0.1, 0.15) is 24.4 Å². The molecule has 0 aliphatic carbocycles. The van der Waals surface area contributed by atoms with E-state index in [1.807, 2.05) is 12.1 Å². The molecule has 9 unspecified atom stereocenters. The maximum Gasteiger partial charge on any atom is 0.229 e. The van der Waals surface area contributed by atoms with E-state index in [-0.39, 0.29) is 35.5 Å². The summed E-state index contributed by atoms with van der Waals surface area (Å²) in [7, 11) is 2.97. The highest BCUT2D eigenvalue weighted by Gasteiger charge is 2.49. The molecule has 11 heteroatoms. The molecule has 0 spiro atoms. The number of aromatic hydroxyl groups is 1. The van der Waals surface area contributed by atoms with Crippen LogP contribution in [-0.2, 0) is 14.2 Å². The van der Waals surface area contributed by atoms with Gasteiger partial charge in [-0.2, -0.15) is 0 Å². The van der Waals surface area contributed by atoms with Crippen molar-refractivity contribution in [2.45, 2.75) is 42.9 Å². The van der Waals surface area contributed by atoms with Gasteiger partial charge in [0.2, 0.25) is 6.29 Å². The summed E-state index contributed by atoms with van der Waals surface area (Å²) in [5, 5.41) is 50.0. The summed E-state index contributed by atoms with van der Waals surface area (Å²) in [6, 6.07) is 10.5. The number of phenolic OH excluding ortho intramolecular Hbond substituents is 1. The molecule has 0 bridgehead atoms. The van der Waals surface area contributed by atoms with Crippen LogP contribution in [0.15, 0.2) is 36.4 Å². The van der Waals surface area contributed by atoms with E-state index in [1.54, 1.807) is 24.3 Å². The van der Waals surface area contributed by atoms with Crippen LogP contribution in [0.5, 0.6) is 23.0 Å². The second-order valence-electron chi connectivity index (χ2n) is 9.49. The molecule has 0 radical (unpaired) electrons. The first-order valence-electron chi connectivity index (χ1n) is 12.1. The third-order valence-corrected chi connectivity index (χ3v) is 7.40. The second-order valence-corrected chi connectivity index (χ2v) is 9.49. The number of benzene rings is 2. The van der Waals surface area contributed by atoms with Gasteiger partial charge in [-0.3, -0.25) is 0 Å². The van der Waals surface area contributed by atoms with Gasteiger partial charge in [-0.05, 0) is 35.4 Å². The average molecular weight is 521 g/mol. The number of fused-ring (bicyclic) bond motifs is 1. The van der Waals surface area contributed by atoms with Gasteiger partial charge in [-0.25, -0.2) is 0 Å². The molecule has 3 fully saturated rings. The maximum atomic E-state index is 10.4. The van der Waals surface area contributed by atoms with Gasteiger partial charge in [-0.1, -0.05) is 12.1 Å². The zero-order chi connectivity index (χ0) is 26.3. The zero-order valence-electron chi connectivity index (χ0n) is 20.5. The molecule has 2 aromatic rings. The maximum absolute atomic E-state index is 10.4. The molecule has 11 nitrogen and oxygen atoms in total. The molecule has 3 aliphatic heterocycles. The predicted molar refractivity (Wildman–Crippen MR) is 126 cm³/mol. The fourth-order valence-corrected chi connectivity index (χ4v) is 5.36. The first-order chi connectivity index (χ1) is 17.9. The lowest BCUT2D eigenvalue weighted by atomic mass is 9.85. The number of aliphatic hydroxyl groups excluding tert-OH is 4. The summed E-state index contributed by atoms with van der Waals surface area (Å²) in [6.07, 6.45) is -7.55. The Hall–Kier alpha value is -2.64. The van der Waals surface area contributed by atoms with Gasteiger partial charge in [0, 0.05) is 11.8 Å². The van der Waals surface area contributed by atoms with E-state index in [0.29, 0.717) is 24.7 Å². The Balaban J connectivity index is 1.35. The van der Waals surface area contributed by atoms with Gasteiger partial charge in [0.05, 0.1) is 46.2 Å². The van der Waals surface area contributed by atoms with Crippen LogP contribution in [-0.4, -0.2) is 90.3 Å². The molecule has 3 saturated heterocycles. The summed E-state index contributed by atoms with van der Waals surface area (Å²) >= 11 is 0. The van der Waals surface area contributed by atoms with Crippen molar-refractivity contribution in [3.63, 3.8) is 0 Å². The van der Waals surface area contributed by atoms with Crippen molar-refractivity contribution in [1.82, 2.24) is 0 Å². The number of rotatable bonds is 7. The molecular weight excluding hydrogens is 488 g/mol. The summed E-state index contributed by atoms with van der Waals surface area (Å²) in [4.78, 5) is 0. The highest BCUT2D eigenvalue weighted by atomic mass is 16.7. The highest BCUT2D eigenvalue weighted by molar-refractivity contribution is 5.45. The van der Waals surface area contributed by atoms with Crippen LogP contribution in [0.2, 0.25) is 0 Å². The molecule has 0 saturated carbocycles. The fourth-order valence-electron chi connectivity index (χ4n) is 5.36. The van der Waals surface area contributed by atoms with Crippen molar-refractivity contribution in [3.8, 4) is 23.0 Å². The van der Waals surface area contributed by atoms with Gasteiger partial charge >= 0.3 is 0 Å². The lowest BCUT2D eigenvalue weighted by molar-refractivity contribution is -0.277. The minimum Gasteiger partial charge on any atom is -0.504 e. The lowest BCUT2D eigenvalue weighted by Crippen LogP contribution is -2.60. The topological polar surface area (TPSA) is 157 Å². The van der Waals surface area contributed by atoms with E-state index in [4.69, 9.17) is 28.4 Å². The third kappa shape index (κ3) is 4.72. The van der Waals surface area contributed by atoms with E-state index in [1.165, 1.54) is 14.2 Å². The van der Waals surface area contributed by atoms with Crippen LogP contribution in [0.3, 0.4) is 0 Å². The smallest absolute Gasteiger partial charge is 0.229 e. The van der Waals surface area contributed by atoms with Crippen LogP contribution in [0, 0.1) is 11.8 Å². The van der Waals surface area contributed by atoms with E-state index in [2.05, 4.69) is 0 Å². The van der Waals surface area contributed by atoms with E-state index >= 15 is 0 Å². The first kappa shape index (κ1) is 26.0. The zero-order valence-corrected chi connectivity index (χ0v) is 20.5. The summed E-state index contributed by atoms with van der Waals surface area (Å²) < 4.78 is 34.4. The van der Waals surface area contributed by atoms with E-state index in [0.717, 1.165) is 11.1 Å². The summed E-state index contributed by atoms with van der Waals surface area (Å²) in [5.41, 5.74) is 1.70. The van der Waals surface area contributed by atoms with Crippen molar-refractivity contribution < 1.29 is 54.0 Å². The molecule has 37 heavy (non-hydrogen) atoms.